The minimum absolute atomic E-state index is 0.0661. The van der Waals surface area contributed by atoms with Gasteiger partial charge in [0.1, 0.15) is 5.60 Å². The summed E-state index contributed by atoms with van der Waals surface area (Å²) in [4.78, 5) is 16.8. The van der Waals surface area contributed by atoms with Gasteiger partial charge in [0, 0.05) is 38.3 Å². The molecule has 1 aliphatic heterocycles. The first-order valence-electron chi connectivity index (χ1n) is 10.8. The van der Waals surface area contributed by atoms with Crippen LogP contribution in [-0.4, -0.2) is 47.7 Å². The first kappa shape index (κ1) is 21.1. The second kappa shape index (κ2) is 8.83. The van der Waals surface area contributed by atoms with Crippen LogP contribution in [0, 0.1) is 5.92 Å². The monoisotopic (exact) mass is 387 g/mol. The van der Waals surface area contributed by atoms with E-state index in [4.69, 9.17) is 10.5 Å². The molecule has 5 nitrogen and oxygen atoms in total. The molecule has 5 heteroatoms. The second-order valence-corrected chi connectivity index (χ2v) is 9.50. The molecule has 1 aromatic rings. The molecule has 1 heterocycles. The molecule has 2 fully saturated rings. The maximum absolute atomic E-state index is 12.4. The fourth-order valence-electron chi connectivity index (χ4n) is 3.92. The lowest BCUT2D eigenvalue weighted by atomic mass is 9.96. The van der Waals surface area contributed by atoms with Crippen LogP contribution in [0.15, 0.2) is 24.3 Å². The highest BCUT2D eigenvalue weighted by Crippen LogP contribution is 2.38. The topological polar surface area (TPSA) is 58.8 Å². The van der Waals surface area contributed by atoms with Gasteiger partial charge >= 0.3 is 6.09 Å². The Bertz CT molecular complexity index is 639. The SMILES string of the molecule is C[C@H](N)c1ccc([C@@H](CCC2CC2)N2CCN(C(=O)OC(C)(C)C)CC2)cc1. The van der Waals surface area contributed by atoms with Crippen molar-refractivity contribution in [3.63, 3.8) is 0 Å². The number of benzene rings is 1. The quantitative estimate of drug-likeness (QED) is 0.781. The molecule has 0 spiro atoms. The lowest BCUT2D eigenvalue weighted by Gasteiger charge is -2.40. The lowest BCUT2D eigenvalue weighted by molar-refractivity contribution is 0.00956. The van der Waals surface area contributed by atoms with Gasteiger partial charge in [0.15, 0.2) is 0 Å². The third-order valence-electron chi connectivity index (χ3n) is 5.80. The maximum atomic E-state index is 12.4. The molecule has 156 valence electrons. The number of rotatable bonds is 6. The number of hydrogen-bond donors (Lipinski definition) is 1. The normalized spacial score (nSPS) is 20.7. The molecule has 28 heavy (non-hydrogen) atoms. The van der Waals surface area contributed by atoms with E-state index < -0.39 is 5.60 Å². The average Bonchev–Trinajstić information content (AvgIpc) is 3.46. The Hall–Kier alpha value is -1.59. The summed E-state index contributed by atoms with van der Waals surface area (Å²) in [7, 11) is 0. The number of ether oxygens (including phenoxy) is 1. The molecular formula is C23H37N3O2. The van der Waals surface area contributed by atoms with Gasteiger partial charge < -0.3 is 15.4 Å². The summed E-state index contributed by atoms with van der Waals surface area (Å²) in [6.07, 6.45) is 5.08. The van der Waals surface area contributed by atoms with E-state index in [0.29, 0.717) is 6.04 Å². The second-order valence-electron chi connectivity index (χ2n) is 9.50. The Labute approximate surface area is 170 Å². The molecule has 1 aliphatic carbocycles. The van der Waals surface area contributed by atoms with E-state index in [1.807, 2.05) is 32.6 Å². The molecule has 2 atom stereocenters. The van der Waals surface area contributed by atoms with Gasteiger partial charge in [0.25, 0.3) is 0 Å². The summed E-state index contributed by atoms with van der Waals surface area (Å²) in [6.45, 7) is 11.0. The van der Waals surface area contributed by atoms with Crippen molar-refractivity contribution in [1.29, 1.82) is 0 Å². The minimum Gasteiger partial charge on any atom is -0.444 e. The Morgan fingerprint density at radius 2 is 1.68 bits per heavy atom. The van der Waals surface area contributed by atoms with Crippen LogP contribution >= 0.6 is 0 Å². The van der Waals surface area contributed by atoms with Crippen molar-refractivity contribution in [3.05, 3.63) is 35.4 Å². The molecule has 1 saturated heterocycles. The summed E-state index contributed by atoms with van der Waals surface area (Å²) in [5.41, 5.74) is 8.13. The zero-order chi connectivity index (χ0) is 20.3. The fourth-order valence-corrected chi connectivity index (χ4v) is 3.92. The predicted molar refractivity (Wildman–Crippen MR) is 113 cm³/mol. The van der Waals surface area contributed by atoms with E-state index in [1.165, 1.54) is 36.8 Å². The minimum atomic E-state index is -0.442. The molecule has 0 bridgehead atoms. The molecule has 1 amide bonds. The van der Waals surface area contributed by atoms with Crippen LogP contribution in [0.4, 0.5) is 4.79 Å². The van der Waals surface area contributed by atoms with Crippen LogP contribution in [-0.2, 0) is 4.74 Å². The highest BCUT2D eigenvalue weighted by Gasteiger charge is 2.31. The van der Waals surface area contributed by atoms with Gasteiger partial charge in [-0.25, -0.2) is 4.79 Å². The van der Waals surface area contributed by atoms with Gasteiger partial charge in [-0.3, -0.25) is 4.90 Å². The number of piperazine rings is 1. The zero-order valence-electron chi connectivity index (χ0n) is 18.0. The molecule has 1 aromatic carbocycles. The van der Waals surface area contributed by atoms with Gasteiger partial charge in [-0.15, -0.1) is 0 Å². The molecular weight excluding hydrogens is 350 g/mol. The predicted octanol–water partition coefficient (Wildman–Crippen LogP) is 4.49. The van der Waals surface area contributed by atoms with E-state index in [-0.39, 0.29) is 12.1 Å². The summed E-state index contributed by atoms with van der Waals surface area (Å²) < 4.78 is 5.54. The van der Waals surface area contributed by atoms with Crippen molar-refractivity contribution in [2.45, 2.75) is 71.1 Å². The Morgan fingerprint density at radius 3 is 2.18 bits per heavy atom. The lowest BCUT2D eigenvalue weighted by Crippen LogP contribution is -2.50. The van der Waals surface area contributed by atoms with Crippen LogP contribution in [0.3, 0.4) is 0 Å². The van der Waals surface area contributed by atoms with E-state index in [9.17, 15) is 4.79 Å². The highest BCUT2D eigenvalue weighted by atomic mass is 16.6. The largest absolute Gasteiger partial charge is 0.444 e. The van der Waals surface area contributed by atoms with Gasteiger partial charge in [-0.05, 0) is 57.6 Å². The van der Waals surface area contributed by atoms with E-state index >= 15 is 0 Å². The van der Waals surface area contributed by atoms with Gasteiger partial charge in [-0.2, -0.15) is 0 Å². The van der Waals surface area contributed by atoms with Crippen molar-refractivity contribution in [3.8, 4) is 0 Å². The van der Waals surface area contributed by atoms with E-state index in [2.05, 4.69) is 29.2 Å². The molecule has 3 rings (SSSR count). The van der Waals surface area contributed by atoms with E-state index in [0.717, 1.165) is 32.1 Å². The summed E-state index contributed by atoms with van der Waals surface area (Å²) >= 11 is 0. The molecule has 2 aliphatic rings. The van der Waals surface area contributed by atoms with Crippen LogP contribution in [0.25, 0.3) is 0 Å². The smallest absolute Gasteiger partial charge is 0.410 e. The number of carbonyl (C=O) groups excluding carboxylic acids is 1. The fraction of sp³-hybridized carbons (Fsp3) is 0.696. The Kier molecular flexibility index (Phi) is 6.66. The van der Waals surface area contributed by atoms with Crippen LogP contribution in [0.1, 0.15) is 76.6 Å². The Balaban J connectivity index is 1.63. The van der Waals surface area contributed by atoms with Crippen molar-refractivity contribution in [2.75, 3.05) is 26.2 Å². The van der Waals surface area contributed by atoms with Crippen LogP contribution in [0.5, 0.6) is 0 Å². The molecule has 1 saturated carbocycles. The molecule has 0 unspecified atom stereocenters. The number of nitrogens with zero attached hydrogens (tertiary/aromatic N) is 2. The standard InChI is InChI=1S/C23H37N3O2/c1-17(24)19-8-10-20(11-9-19)21(12-7-18-5-6-18)25-13-15-26(16-14-25)22(27)28-23(2,3)4/h8-11,17-18,21H,5-7,12-16,24H2,1-4H3/t17-,21+/m0/s1. The molecule has 0 radical (unpaired) electrons. The first-order chi connectivity index (χ1) is 13.2. The van der Waals surface area contributed by atoms with Crippen molar-refractivity contribution in [2.24, 2.45) is 11.7 Å². The summed E-state index contributed by atoms with van der Waals surface area (Å²) in [6, 6.07) is 9.31. The van der Waals surface area contributed by atoms with Gasteiger partial charge in [0.2, 0.25) is 0 Å². The molecule has 0 aromatic heterocycles. The third-order valence-corrected chi connectivity index (χ3v) is 5.80. The average molecular weight is 388 g/mol. The van der Waals surface area contributed by atoms with Crippen molar-refractivity contribution < 1.29 is 9.53 Å². The maximum Gasteiger partial charge on any atom is 0.410 e. The highest BCUT2D eigenvalue weighted by molar-refractivity contribution is 5.68. The summed E-state index contributed by atoms with van der Waals surface area (Å²) in [5, 5.41) is 0. The van der Waals surface area contributed by atoms with Gasteiger partial charge in [0.05, 0.1) is 0 Å². The zero-order valence-corrected chi connectivity index (χ0v) is 18.0. The van der Waals surface area contributed by atoms with Gasteiger partial charge in [-0.1, -0.05) is 37.1 Å². The van der Waals surface area contributed by atoms with Crippen molar-refractivity contribution in [1.82, 2.24) is 9.80 Å². The summed E-state index contributed by atoms with van der Waals surface area (Å²) in [5.74, 6) is 0.925. The molecule has 2 N–H and O–H groups in total. The van der Waals surface area contributed by atoms with Crippen LogP contribution in [0.2, 0.25) is 0 Å². The number of hydrogen-bond acceptors (Lipinski definition) is 4. The van der Waals surface area contributed by atoms with Crippen molar-refractivity contribution >= 4 is 6.09 Å². The number of amides is 1. The van der Waals surface area contributed by atoms with Crippen LogP contribution < -0.4 is 5.73 Å². The first-order valence-corrected chi connectivity index (χ1v) is 10.8. The van der Waals surface area contributed by atoms with E-state index in [1.54, 1.807) is 0 Å². The third kappa shape index (κ3) is 5.95. The Morgan fingerprint density at radius 1 is 1.11 bits per heavy atom. The number of carbonyl (C=O) groups is 1. The number of nitrogens with two attached hydrogens (primary N) is 1.